The number of hydrogen-bond acceptors (Lipinski definition) is 3. The van der Waals surface area contributed by atoms with Gasteiger partial charge in [0.05, 0.1) is 10.3 Å². The molecule has 1 aliphatic carbocycles. The van der Waals surface area contributed by atoms with Crippen molar-refractivity contribution >= 4 is 17.5 Å². The summed E-state index contributed by atoms with van der Waals surface area (Å²) in [5.41, 5.74) is 0.0659. The first-order valence-electron chi connectivity index (χ1n) is 7.96. The van der Waals surface area contributed by atoms with Gasteiger partial charge in [-0.15, -0.1) is 11.8 Å². The van der Waals surface area contributed by atoms with Crippen LogP contribution in [0.1, 0.15) is 64.7 Å². The number of thioether (sulfide) groups is 1. The summed E-state index contributed by atoms with van der Waals surface area (Å²) in [4.78, 5) is 12.9. The van der Waals surface area contributed by atoms with Crippen LogP contribution in [-0.2, 0) is 9.53 Å². The van der Waals surface area contributed by atoms with Crippen LogP contribution >= 0.6 is 11.8 Å². The smallest absolute Gasteiger partial charge is 0.151 e. The molecule has 0 aromatic carbocycles. The molecule has 2 nitrogen and oxygen atoms in total. The van der Waals surface area contributed by atoms with Crippen LogP contribution < -0.4 is 0 Å². The number of Topliss-reactive ketones (excluding diaryl/α,β-unsaturated/α-hetero) is 1. The van der Waals surface area contributed by atoms with E-state index >= 15 is 0 Å². The van der Waals surface area contributed by atoms with Gasteiger partial charge in [-0.2, -0.15) is 0 Å². The Bertz CT molecular complexity index is 335. The SMILES string of the molecule is CC1(C(=O)C2CCOC3(CCCCC3)C2)CCCS1. The molecule has 2 aliphatic heterocycles. The molecule has 0 N–H and O–H groups in total. The fraction of sp³-hybridized carbons (Fsp3) is 0.938. The third kappa shape index (κ3) is 2.73. The van der Waals surface area contributed by atoms with E-state index in [1.165, 1.54) is 38.5 Å². The van der Waals surface area contributed by atoms with Crippen LogP contribution in [0.15, 0.2) is 0 Å². The van der Waals surface area contributed by atoms with Crippen molar-refractivity contribution < 1.29 is 9.53 Å². The molecule has 3 aliphatic rings. The average Bonchev–Trinajstić information content (AvgIpc) is 2.87. The zero-order valence-corrected chi connectivity index (χ0v) is 12.9. The maximum atomic E-state index is 12.9. The molecule has 3 fully saturated rings. The number of carbonyl (C=O) groups is 1. The van der Waals surface area contributed by atoms with Gasteiger partial charge in [0.1, 0.15) is 0 Å². The molecule has 2 heterocycles. The molecule has 19 heavy (non-hydrogen) atoms. The first kappa shape index (κ1) is 13.9. The van der Waals surface area contributed by atoms with E-state index in [0.29, 0.717) is 5.78 Å². The van der Waals surface area contributed by atoms with Gasteiger partial charge in [-0.25, -0.2) is 0 Å². The molecular weight excluding hydrogens is 256 g/mol. The molecule has 1 spiro atoms. The quantitative estimate of drug-likeness (QED) is 0.766. The molecule has 108 valence electrons. The molecule has 3 heteroatoms. The molecule has 0 radical (unpaired) electrons. The van der Waals surface area contributed by atoms with Gasteiger partial charge in [-0.05, 0) is 51.2 Å². The largest absolute Gasteiger partial charge is 0.375 e. The van der Waals surface area contributed by atoms with Gasteiger partial charge in [0.2, 0.25) is 0 Å². The van der Waals surface area contributed by atoms with Gasteiger partial charge in [-0.1, -0.05) is 19.3 Å². The molecule has 1 saturated carbocycles. The van der Waals surface area contributed by atoms with Crippen molar-refractivity contribution in [1.82, 2.24) is 0 Å². The van der Waals surface area contributed by atoms with E-state index in [0.717, 1.165) is 31.6 Å². The lowest BCUT2D eigenvalue weighted by molar-refractivity contribution is -0.144. The van der Waals surface area contributed by atoms with Crippen LogP contribution in [0.25, 0.3) is 0 Å². The lowest BCUT2D eigenvalue weighted by Gasteiger charge is -2.44. The van der Waals surface area contributed by atoms with Gasteiger partial charge in [0.15, 0.2) is 5.78 Å². The lowest BCUT2D eigenvalue weighted by atomic mass is 9.73. The van der Waals surface area contributed by atoms with Crippen molar-refractivity contribution in [2.24, 2.45) is 5.92 Å². The molecule has 2 unspecified atom stereocenters. The number of ether oxygens (including phenoxy) is 1. The van der Waals surface area contributed by atoms with Crippen LogP contribution in [0, 0.1) is 5.92 Å². The second kappa shape index (κ2) is 5.40. The minimum atomic E-state index is -0.0855. The Morgan fingerprint density at radius 1 is 1.16 bits per heavy atom. The summed E-state index contributed by atoms with van der Waals surface area (Å²) in [7, 11) is 0. The molecule has 3 rings (SSSR count). The van der Waals surface area contributed by atoms with E-state index in [1.54, 1.807) is 0 Å². The summed E-state index contributed by atoms with van der Waals surface area (Å²) in [5.74, 6) is 1.96. The number of rotatable bonds is 2. The molecule has 2 saturated heterocycles. The number of carbonyl (C=O) groups excluding carboxylic acids is 1. The Morgan fingerprint density at radius 2 is 1.95 bits per heavy atom. The van der Waals surface area contributed by atoms with Crippen LogP contribution in [0.2, 0.25) is 0 Å². The van der Waals surface area contributed by atoms with Crippen LogP contribution in [0.5, 0.6) is 0 Å². The predicted octanol–water partition coefficient (Wildman–Crippen LogP) is 3.97. The van der Waals surface area contributed by atoms with Gasteiger partial charge in [0, 0.05) is 12.5 Å². The van der Waals surface area contributed by atoms with E-state index in [-0.39, 0.29) is 16.3 Å². The van der Waals surface area contributed by atoms with Gasteiger partial charge in [0.25, 0.3) is 0 Å². The van der Waals surface area contributed by atoms with Crippen LogP contribution in [-0.4, -0.2) is 28.5 Å². The maximum absolute atomic E-state index is 12.9. The molecule has 0 bridgehead atoms. The first-order valence-corrected chi connectivity index (χ1v) is 8.94. The van der Waals surface area contributed by atoms with Crippen molar-refractivity contribution in [2.45, 2.75) is 75.1 Å². The standard InChI is InChI=1S/C16H26O2S/c1-15(7-5-11-19-15)14(17)13-6-10-18-16(12-13)8-3-2-4-9-16/h13H,2-12H2,1H3. The summed E-state index contributed by atoms with van der Waals surface area (Å²) < 4.78 is 6.04. The lowest BCUT2D eigenvalue weighted by Crippen LogP contribution is -2.46. The fourth-order valence-corrected chi connectivity index (χ4v) is 5.54. The Hall–Kier alpha value is -0.0200. The molecule has 0 aromatic rings. The van der Waals surface area contributed by atoms with Crippen molar-refractivity contribution in [3.05, 3.63) is 0 Å². The second-order valence-corrected chi connectivity index (χ2v) is 8.43. The second-order valence-electron chi connectivity index (χ2n) is 6.83. The third-order valence-corrected chi connectivity index (χ3v) is 6.90. The zero-order chi connectivity index (χ0) is 13.3. The minimum Gasteiger partial charge on any atom is -0.375 e. The predicted molar refractivity (Wildman–Crippen MR) is 79.6 cm³/mol. The molecule has 0 amide bonds. The Morgan fingerprint density at radius 3 is 2.63 bits per heavy atom. The van der Waals surface area contributed by atoms with Crippen molar-refractivity contribution in [3.8, 4) is 0 Å². The maximum Gasteiger partial charge on any atom is 0.151 e. The fourth-order valence-electron chi connectivity index (χ4n) is 4.20. The van der Waals surface area contributed by atoms with E-state index in [2.05, 4.69) is 6.92 Å². The number of ketones is 1. The summed E-state index contributed by atoms with van der Waals surface area (Å²) in [6, 6.07) is 0. The molecule has 0 aromatic heterocycles. The summed E-state index contributed by atoms with van der Waals surface area (Å²) >= 11 is 1.89. The summed E-state index contributed by atoms with van der Waals surface area (Å²) in [5, 5.41) is 0. The van der Waals surface area contributed by atoms with E-state index in [4.69, 9.17) is 4.74 Å². The Labute approximate surface area is 121 Å². The topological polar surface area (TPSA) is 26.3 Å². The van der Waals surface area contributed by atoms with E-state index in [1.807, 2.05) is 11.8 Å². The van der Waals surface area contributed by atoms with Gasteiger partial charge < -0.3 is 4.74 Å². The van der Waals surface area contributed by atoms with E-state index in [9.17, 15) is 4.79 Å². The zero-order valence-electron chi connectivity index (χ0n) is 12.1. The minimum absolute atomic E-state index is 0.0659. The summed E-state index contributed by atoms with van der Waals surface area (Å²) in [6.45, 7) is 2.98. The van der Waals surface area contributed by atoms with E-state index < -0.39 is 0 Å². The highest BCUT2D eigenvalue weighted by molar-refractivity contribution is 8.01. The monoisotopic (exact) mass is 282 g/mol. The Balaban J connectivity index is 1.69. The van der Waals surface area contributed by atoms with Crippen molar-refractivity contribution in [3.63, 3.8) is 0 Å². The van der Waals surface area contributed by atoms with Crippen LogP contribution in [0.4, 0.5) is 0 Å². The molecule has 2 atom stereocenters. The highest BCUT2D eigenvalue weighted by atomic mass is 32.2. The molecular formula is C16H26O2S. The number of hydrogen-bond donors (Lipinski definition) is 0. The first-order chi connectivity index (χ1) is 9.14. The Kier molecular flexibility index (Phi) is 3.96. The third-order valence-electron chi connectivity index (χ3n) is 5.37. The van der Waals surface area contributed by atoms with Crippen LogP contribution in [0.3, 0.4) is 0 Å². The van der Waals surface area contributed by atoms with Crippen molar-refractivity contribution in [2.75, 3.05) is 12.4 Å². The average molecular weight is 282 g/mol. The normalized spacial score (nSPS) is 38.5. The summed E-state index contributed by atoms with van der Waals surface area (Å²) in [6.07, 6.45) is 10.5. The van der Waals surface area contributed by atoms with Gasteiger partial charge in [-0.3, -0.25) is 4.79 Å². The van der Waals surface area contributed by atoms with Gasteiger partial charge >= 0.3 is 0 Å². The van der Waals surface area contributed by atoms with Crippen molar-refractivity contribution in [1.29, 1.82) is 0 Å². The highest BCUT2D eigenvalue weighted by Crippen LogP contribution is 2.46. The highest BCUT2D eigenvalue weighted by Gasteiger charge is 2.46.